The molecular formula is C8H12FN3O. The van der Waals surface area contributed by atoms with Crippen molar-refractivity contribution in [3.63, 3.8) is 0 Å². The van der Waals surface area contributed by atoms with Gasteiger partial charge >= 0.3 is 0 Å². The molecule has 1 N–H and O–H groups in total. The molecule has 1 amide bonds. The summed E-state index contributed by atoms with van der Waals surface area (Å²) in [6.45, 7) is 1.04. The highest BCUT2D eigenvalue weighted by molar-refractivity contribution is 5.93. The van der Waals surface area contributed by atoms with Crippen molar-refractivity contribution < 1.29 is 9.18 Å². The molecule has 1 aromatic rings. The Morgan fingerprint density at radius 2 is 2.54 bits per heavy atom. The number of rotatable bonds is 3. The van der Waals surface area contributed by atoms with Crippen LogP contribution >= 0.6 is 0 Å². The molecule has 0 aliphatic heterocycles. The van der Waals surface area contributed by atoms with E-state index in [9.17, 15) is 9.18 Å². The topological polar surface area (TPSA) is 46.9 Å². The summed E-state index contributed by atoms with van der Waals surface area (Å²) in [7, 11) is 1.72. The van der Waals surface area contributed by atoms with Crippen molar-refractivity contribution in [3.05, 3.63) is 18.0 Å². The molecule has 1 aromatic heterocycles. The number of alkyl halides is 1. The minimum atomic E-state index is -0.563. The number of hydrogen-bond acceptors (Lipinski definition) is 2. The van der Waals surface area contributed by atoms with Crippen LogP contribution in [0, 0.1) is 0 Å². The van der Waals surface area contributed by atoms with E-state index in [1.807, 2.05) is 0 Å². The highest BCUT2D eigenvalue weighted by Crippen LogP contribution is 1.96. The Hall–Kier alpha value is -1.39. The van der Waals surface area contributed by atoms with Gasteiger partial charge in [0, 0.05) is 13.2 Å². The van der Waals surface area contributed by atoms with Crippen LogP contribution in [0.1, 0.15) is 17.3 Å². The number of nitrogens with one attached hydrogen (secondary N) is 1. The van der Waals surface area contributed by atoms with Crippen LogP contribution < -0.4 is 5.32 Å². The summed E-state index contributed by atoms with van der Waals surface area (Å²) in [5.74, 6) is -0.293. The van der Waals surface area contributed by atoms with Crippen LogP contribution in [-0.4, -0.2) is 28.4 Å². The van der Waals surface area contributed by atoms with Gasteiger partial charge in [-0.15, -0.1) is 0 Å². The number of aryl methyl sites for hydroxylation is 1. The molecule has 1 rings (SSSR count). The normalized spacial score (nSPS) is 12.5. The van der Waals surface area contributed by atoms with E-state index in [1.165, 1.54) is 10.9 Å². The summed E-state index contributed by atoms with van der Waals surface area (Å²) in [5.41, 5.74) is 0.447. The Bertz CT molecular complexity index is 297. The molecule has 4 nitrogen and oxygen atoms in total. The molecule has 0 saturated carbocycles. The smallest absolute Gasteiger partial charge is 0.254 e. The molecule has 1 unspecified atom stereocenters. The Labute approximate surface area is 75.7 Å². The fourth-order valence-electron chi connectivity index (χ4n) is 0.884. The third-order valence-corrected chi connectivity index (χ3v) is 1.58. The SMILES string of the molecule is CC(CF)NC(=O)c1cnn(C)c1. The Kier molecular flexibility index (Phi) is 3.00. The third-order valence-electron chi connectivity index (χ3n) is 1.58. The molecule has 0 aliphatic carbocycles. The Morgan fingerprint density at radius 3 is 3.00 bits per heavy atom. The first-order valence-corrected chi connectivity index (χ1v) is 3.99. The maximum atomic E-state index is 12.0. The van der Waals surface area contributed by atoms with E-state index in [1.54, 1.807) is 20.2 Å². The van der Waals surface area contributed by atoms with E-state index in [0.717, 1.165) is 0 Å². The van der Waals surface area contributed by atoms with E-state index >= 15 is 0 Å². The summed E-state index contributed by atoms with van der Waals surface area (Å²) in [5, 5.41) is 6.32. The second-order valence-electron chi connectivity index (χ2n) is 2.93. The Morgan fingerprint density at radius 1 is 1.85 bits per heavy atom. The zero-order valence-electron chi connectivity index (χ0n) is 7.62. The minimum absolute atomic E-state index is 0.293. The van der Waals surface area contributed by atoms with Gasteiger partial charge in [-0.05, 0) is 6.92 Å². The summed E-state index contributed by atoms with van der Waals surface area (Å²) in [6.07, 6.45) is 3.03. The van der Waals surface area contributed by atoms with Gasteiger partial charge < -0.3 is 5.32 Å². The molecule has 0 spiro atoms. The number of hydrogen-bond donors (Lipinski definition) is 1. The molecule has 0 aromatic carbocycles. The van der Waals surface area contributed by atoms with Gasteiger partial charge in [0.15, 0.2) is 0 Å². The van der Waals surface area contributed by atoms with Crippen LogP contribution in [0.5, 0.6) is 0 Å². The monoisotopic (exact) mass is 185 g/mol. The molecule has 0 saturated heterocycles. The molecule has 1 heterocycles. The van der Waals surface area contributed by atoms with Crippen molar-refractivity contribution in [3.8, 4) is 0 Å². The van der Waals surface area contributed by atoms with Crippen molar-refractivity contribution in [1.82, 2.24) is 15.1 Å². The standard InChI is InChI=1S/C8H12FN3O/c1-6(3-9)11-8(13)7-4-10-12(2)5-7/h4-6H,3H2,1-2H3,(H,11,13). The summed E-state index contributed by atoms with van der Waals surface area (Å²) < 4.78 is 13.6. The van der Waals surface area contributed by atoms with Crippen LogP contribution in [0.15, 0.2) is 12.4 Å². The number of carbonyl (C=O) groups excluding carboxylic acids is 1. The average Bonchev–Trinajstić information content (AvgIpc) is 2.51. The molecule has 0 radical (unpaired) electrons. The van der Waals surface area contributed by atoms with E-state index in [0.29, 0.717) is 5.56 Å². The molecule has 0 aliphatic rings. The summed E-state index contributed by atoms with van der Waals surface area (Å²) in [4.78, 5) is 11.3. The van der Waals surface area contributed by atoms with Crippen molar-refractivity contribution in [2.45, 2.75) is 13.0 Å². The average molecular weight is 185 g/mol. The van der Waals surface area contributed by atoms with E-state index in [4.69, 9.17) is 0 Å². The zero-order chi connectivity index (χ0) is 9.84. The molecule has 5 heteroatoms. The Balaban J connectivity index is 2.58. The maximum absolute atomic E-state index is 12.0. The number of halogens is 1. The van der Waals surface area contributed by atoms with Gasteiger partial charge in [0.2, 0.25) is 0 Å². The molecular weight excluding hydrogens is 173 g/mol. The van der Waals surface area contributed by atoms with Crippen molar-refractivity contribution >= 4 is 5.91 Å². The van der Waals surface area contributed by atoms with E-state index in [2.05, 4.69) is 10.4 Å². The van der Waals surface area contributed by atoms with Gasteiger partial charge in [-0.2, -0.15) is 5.10 Å². The zero-order valence-corrected chi connectivity index (χ0v) is 7.62. The highest BCUT2D eigenvalue weighted by Gasteiger charge is 2.10. The molecule has 0 bridgehead atoms. The summed E-state index contributed by atoms with van der Waals surface area (Å²) >= 11 is 0. The lowest BCUT2D eigenvalue weighted by Gasteiger charge is -2.07. The van der Waals surface area contributed by atoms with Crippen molar-refractivity contribution in [2.24, 2.45) is 7.05 Å². The highest BCUT2D eigenvalue weighted by atomic mass is 19.1. The predicted octanol–water partition coefficient (Wildman–Crippen LogP) is 0.508. The number of carbonyl (C=O) groups is 1. The molecule has 1 atom stereocenters. The number of nitrogens with zero attached hydrogens (tertiary/aromatic N) is 2. The lowest BCUT2D eigenvalue weighted by molar-refractivity contribution is 0.0934. The van der Waals surface area contributed by atoms with Crippen LogP contribution in [0.4, 0.5) is 4.39 Å². The third kappa shape index (κ3) is 2.54. The molecule has 72 valence electrons. The van der Waals surface area contributed by atoms with Gasteiger partial charge in [0.1, 0.15) is 6.67 Å². The lowest BCUT2D eigenvalue weighted by Crippen LogP contribution is -2.33. The quantitative estimate of drug-likeness (QED) is 0.745. The summed E-state index contributed by atoms with van der Waals surface area (Å²) in [6, 6.07) is -0.451. The first kappa shape index (κ1) is 9.70. The largest absolute Gasteiger partial charge is 0.347 e. The van der Waals surface area contributed by atoms with Crippen LogP contribution in [-0.2, 0) is 7.05 Å². The molecule has 0 fully saturated rings. The van der Waals surface area contributed by atoms with Gasteiger partial charge in [0.05, 0.1) is 17.8 Å². The maximum Gasteiger partial charge on any atom is 0.254 e. The number of amides is 1. The predicted molar refractivity (Wildman–Crippen MR) is 46.1 cm³/mol. The van der Waals surface area contributed by atoms with Crippen LogP contribution in [0.3, 0.4) is 0 Å². The number of aromatic nitrogens is 2. The van der Waals surface area contributed by atoms with Crippen LogP contribution in [0.25, 0.3) is 0 Å². The van der Waals surface area contributed by atoms with E-state index < -0.39 is 12.7 Å². The first-order chi connectivity index (χ1) is 6.13. The fraction of sp³-hybridized carbons (Fsp3) is 0.500. The second kappa shape index (κ2) is 4.02. The first-order valence-electron chi connectivity index (χ1n) is 3.99. The van der Waals surface area contributed by atoms with Gasteiger partial charge in [-0.1, -0.05) is 0 Å². The lowest BCUT2D eigenvalue weighted by atomic mass is 10.3. The fourth-order valence-corrected chi connectivity index (χ4v) is 0.884. The molecule has 13 heavy (non-hydrogen) atoms. The van der Waals surface area contributed by atoms with Gasteiger partial charge in [-0.25, -0.2) is 4.39 Å². The van der Waals surface area contributed by atoms with Crippen molar-refractivity contribution in [1.29, 1.82) is 0 Å². The van der Waals surface area contributed by atoms with Crippen LogP contribution in [0.2, 0.25) is 0 Å². The minimum Gasteiger partial charge on any atom is -0.347 e. The van der Waals surface area contributed by atoms with E-state index in [-0.39, 0.29) is 5.91 Å². The van der Waals surface area contributed by atoms with Crippen molar-refractivity contribution in [2.75, 3.05) is 6.67 Å². The van der Waals surface area contributed by atoms with Gasteiger partial charge in [-0.3, -0.25) is 9.48 Å². The van der Waals surface area contributed by atoms with Gasteiger partial charge in [0.25, 0.3) is 5.91 Å². The second-order valence-corrected chi connectivity index (χ2v) is 2.93.